The fourth-order valence-electron chi connectivity index (χ4n) is 3.94. The first kappa shape index (κ1) is 25.4. The van der Waals surface area contributed by atoms with Gasteiger partial charge in [-0.3, -0.25) is 4.98 Å². The number of hydrogen-bond acceptors (Lipinski definition) is 2. The molecule has 0 spiro atoms. The predicted octanol–water partition coefficient (Wildman–Crippen LogP) is 8.92. The third-order valence-corrected chi connectivity index (χ3v) is 5.91. The summed E-state index contributed by atoms with van der Waals surface area (Å²) in [5.41, 5.74) is 2.44. The zero-order chi connectivity index (χ0) is 22.3. The molecule has 0 N–H and O–H groups in total. The van der Waals surface area contributed by atoms with Crippen LogP contribution in [0, 0.1) is 5.82 Å². The van der Waals surface area contributed by atoms with Gasteiger partial charge in [0.15, 0.2) is 0 Å². The number of pyridine rings is 1. The monoisotopic (exact) mass is 427 g/mol. The minimum atomic E-state index is -0.275. The molecule has 2 rings (SSSR count). The highest BCUT2D eigenvalue weighted by atomic mass is 19.1. The van der Waals surface area contributed by atoms with Gasteiger partial charge in [0.25, 0.3) is 0 Å². The Morgan fingerprint density at radius 2 is 1.52 bits per heavy atom. The minimum absolute atomic E-state index is 0.103. The Hall–Kier alpha value is -1.90. The molecule has 0 aliphatic rings. The largest absolute Gasteiger partial charge is 0.491 e. The lowest BCUT2D eigenvalue weighted by Gasteiger charge is -2.15. The lowest BCUT2D eigenvalue weighted by atomic mass is 10.0. The second-order valence-corrected chi connectivity index (χ2v) is 8.84. The van der Waals surface area contributed by atoms with E-state index in [-0.39, 0.29) is 11.9 Å². The molecule has 1 heterocycles. The molecule has 0 radical (unpaired) electrons. The first-order chi connectivity index (χ1) is 15.1. The van der Waals surface area contributed by atoms with Crippen LogP contribution in [0.25, 0.3) is 11.3 Å². The zero-order valence-electron chi connectivity index (χ0n) is 20.0. The van der Waals surface area contributed by atoms with Crippen molar-refractivity contribution in [1.82, 2.24) is 4.98 Å². The third kappa shape index (κ3) is 9.84. The Morgan fingerprint density at radius 3 is 2.16 bits per heavy atom. The van der Waals surface area contributed by atoms with Crippen molar-refractivity contribution in [1.29, 1.82) is 0 Å². The van der Waals surface area contributed by atoms with Crippen molar-refractivity contribution in [2.45, 2.75) is 110 Å². The van der Waals surface area contributed by atoms with Crippen LogP contribution >= 0.6 is 0 Å². The number of ether oxygens (including phenoxy) is 1. The molecule has 0 aliphatic carbocycles. The second kappa shape index (κ2) is 15.0. The van der Waals surface area contributed by atoms with Crippen LogP contribution in [0.1, 0.15) is 103 Å². The molecular formula is C28H42FNO. The van der Waals surface area contributed by atoms with Crippen LogP contribution in [0.15, 0.2) is 36.5 Å². The van der Waals surface area contributed by atoms with Gasteiger partial charge in [-0.1, -0.05) is 77.7 Å². The van der Waals surface area contributed by atoms with Crippen LogP contribution in [0.3, 0.4) is 0 Å². The summed E-state index contributed by atoms with van der Waals surface area (Å²) >= 11 is 0. The van der Waals surface area contributed by atoms with Crippen LogP contribution in [0.2, 0.25) is 0 Å². The van der Waals surface area contributed by atoms with Crippen molar-refractivity contribution >= 4 is 0 Å². The molecule has 0 aliphatic heterocycles. The Balaban J connectivity index is 1.80. The van der Waals surface area contributed by atoms with Crippen molar-refractivity contribution in [2.75, 3.05) is 0 Å². The third-order valence-electron chi connectivity index (χ3n) is 5.91. The van der Waals surface area contributed by atoms with E-state index in [1.54, 1.807) is 6.07 Å². The minimum Gasteiger partial charge on any atom is -0.491 e. The molecule has 31 heavy (non-hydrogen) atoms. The molecule has 0 amide bonds. The van der Waals surface area contributed by atoms with Crippen LogP contribution in [-0.2, 0) is 6.42 Å². The van der Waals surface area contributed by atoms with E-state index >= 15 is 0 Å². The number of aromatic nitrogens is 1. The van der Waals surface area contributed by atoms with Crippen LogP contribution in [0.5, 0.6) is 5.75 Å². The Bertz CT molecular complexity index is 728. The summed E-state index contributed by atoms with van der Waals surface area (Å²) in [4.78, 5) is 4.52. The molecule has 1 aromatic heterocycles. The van der Waals surface area contributed by atoms with Crippen molar-refractivity contribution in [3.63, 3.8) is 0 Å². The van der Waals surface area contributed by atoms with Crippen molar-refractivity contribution < 1.29 is 9.13 Å². The number of nitrogens with zero attached hydrogens (tertiary/aromatic N) is 1. The smallest absolute Gasteiger partial charge is 0.136 e. The Labute approximate surface area is 189 Å². The number of hydrogen-bond donors (Lipinski definition) is 0. The first-order valence-corrected chi connectivity index (χ1v) is 12.6. The van der Waals surface area contributed by atoms with E-state index in [1.807, 2.05) is 18.3 Å². The Kier molecular flexibility index (Phi) is 12.3. The Morgan fingerprint density at radius 1 is 0.839 bits per heavy atom. The quantitative estimate of drug-likeness (QED) is 0.249. The highest BCUT2D eigenvalue weighted by Crippen LogP contribution is 2.26. The number of rotatable bonds is 16. The summed E-state index contributed by atoms with van der Waals surface area (Å²) in [6, 6.07) is 9.15. The van der Waals surface area contributed by atoms with Gasteiger partial charge in [-0.25, -0.2) is 4.39 Å². The van der Waals surface area contributed by atoms with Gasteiger partial charge < -0.3 is 4.74 Å². The van der Waals surface area contributed by atoms with Gasteiger partial charge in [-0.2, -0.15) is 0 Å². The van der Waals surface area contributed by atoms with Gasteiger partial charge in [-0.05, 0) is 56.4 Å². The fourth-order valence-corrected chi connectivity index (χ4v) is 3.94. The van der Waals surface area contributed by atoms with E-state index in [1.165, 1.54) is 75.8 Å². The summed E-state index contributed by atoms with van der Waals surface area (Å²) in [6.45, 7) is 6.52. The summed E-state index contributed by atoms with van der Waals surface area (Å²) < 4.78 is 20.6. The van der Waals surface area contributed by atoms with Gasteiger partial charge >= 0.3 is 0 Å². The van der Waals surface area contributed by atoms with E-state index < -0.39 is 0 Å². The molecule has 0 saturated heterocycles. The number of unbranched alkanes of at least 4 members (excludes halogenated alkanes) is 9. The van der Waals surface area contributed by atoms with Crippen molar-refractivity contribution in [3.05, 3.63) is 47.9 Å². The summed E-state index contributed by atoms with van der Waals surface area (Å²) in [5.74, 6) is 0.322. The van der Waals surface area contributed by atoms with E-state index in [9.17, 15) is 4.39 Å². The van der Waals surface area contributed by atoms with E-state index in [2.05, 4.69) is 31.8 Å². The maximum Gasteiger partial charge on any atom is 0.136 e. The first-order valence-electron chi connectivity index (χ1n) is 12.6. The zero-order valence-corrected chi connectivity index (χ0v) is 20.0. The average Bonchev–Trinajstić information content (AvgIpc) is 2.77. The standard InChI is InChI=1S/C28H42FNO/c1-4-6-8-10-11-12-14-16-24-17-20-28(30-22-24)26-19-18-25(21-27(26)29)31-23(3)15-13-9-7-5-2/h17-23H,4-16H2,1-3H3/t23-/m0/s1. The molecule has 3 heteroatoms. The van der Waals surface area contributed by atoms with Gasteiger partial charge in [0.05, 0.1) is 11.8 Å². The predicted molar refractivity (Wildman–Crippen MR) is 130 cm³/mol. The molecule has 0 saturated carbocycles. The molecule has 172 valence electrons. The van der Waals surface area contributed by atoms with E-state index in [4.69, 9.17) is 4.74 Å². The summed E-state index contributed by atoms with van der Waals surface area (Å²) in [7, 11) is 0. The number of benzene rings is 1. The highest BCUT2D eigenvalue weighted by molar-refractivity contribution is 5.61. The van der Waals surface area contributed by atoms with Gasteiger partial charge in [0, 0.05) is 17.8 Å². The molecule has 1 aromatic carbocycles. The molecule has 2 aromatic rings. The van der Waals surface area contributed by atoms with Crippen LogP contribution < -0.4 is 4.74 Å². The summed E-state index contributed by atoms with van der Waals surface area (Å²) in [5, 5.41) is 0. The molecule has 0 fully saturated rings. The van der Waals surface area contributed by atoms with Crippen molar-refractivity contribution in [2.24, 2.45) is 0 Å². The maximum absolute atomic E-state index is 14.7. The molecular weight excluding hydrogens is 385 g/mol. The van der Waals surface area contributed by atoms with Crippen molar-refractivity contribution in [3.8, 4) is 17.0 Å². The van der Waals surface area contributed by atoms with Gasteiger partial charge in [-0.15, -0.1) is 0 Å². The van der Waals surface area contributed by atoms with Crippen LogP contribution in [-0.4, -0.2) is 11.1 Å². The molecule has 1 atom stereocenters. The fraction of sp³-hybridized carbons (Fsp3) is 0.607. The van der Waals surface area contributed by atoms with E-state index in [0.717, 1.165) is 19.3 Å². The SMILES string of the molecule is CCCCCCCCCc1ccc(-c2ccc(O[C@@H](C)CCCCCC)cc2F)nc1. The average molecular weight is 428 g/mol. The normalized spacial score (nSPS) is 12.1. The van der Waals surface area contributed by atoms with Gasteiger partial charge in [0.2, 0.25) is 0 Å². The summed E-state index contributed by atoms with van der Waals surface area (Å²) in [6.07, 6.45) is 18.1. The van der Waals surface area contributed by atoms with Gasteiger partial charge in [0.1, 0.15) is 11.6 Å². The van der Waals surface area contributed by atoms with Crippen LogP contribution in [0.4, 0.5) is 4.39 Å². The lowest BCUT2D eigenvalue weighted by molar-refractivity contribution is 0.205. The highest BCUT2D eigenvalue weighted by Gasteiger charge is 2.10. The van der Waals surface area contributed by atoms with E-state index in [0.29, 0.717) is 17.0 Å². The lowest BCUT2D eigenvalue weighted by Crippen LogP contribution is -2.11. The maximum atomic E-state index is 14.7. The molecule has 2 nitrogen and oxygen atoms in total. The topological polar surface area (TPSA) is 22.1 Å². The second-order valence-electron chi connectivity index (χ2n) is 8.84. The molecule has 0 bridgehead atoms. The number of halogens is 1. The molecule has 0 unspecified atom stereocenters. The number of aryl methyl sites for hydroxylation is 1.